The first kappa shape index (κ1) is 19.7. The van der Waals surface area contributed by atoms with E-state index >= 15 is 0 Å². The lowest BCUT2D eigenvalue weighted by atomic mass is 9.92. The van der Waals surface area contributed by atoms with Crippen molar-refractivity contribution in [1.29, 1.82) is 0 Å². The summed E-state index contributed by atoms with van der Waals surface area (Å²) in [5.41, 5.74) is 6.58. The number of amides is 1. The predicted octanol–water partition coefficient (Wildman–Crippen LogP) is 2.41. The fraction of sp³-hybridized carbons (Fsp3) is 0.263. The van der Waals surface area contributed by atoms with E-state index in [1.54, 1.807) is 17.8 Å². The van der Waals surface area contributed by atoms with Crippen molar-refractivity contribution in [2.45, 2.75) is 31.1 Å². The Hall–Kier alpha value is -3.07. The molecule has 0 bridgehead atoms. The highest BCUT2D eigenvalue weighted by molar-refractivity contribution is 7.92. The molecule has 3 N–H and O–H groups in total. The number of rotatable bonds is 5. The summed E-state index contributed by atoms with van der Waals surface area (Å²) in [6.45, 7) is 6.00. The summed E-state index contributed by atoms with van der Waals surface area (Å²) in [4.78, 5) is 11.4. The zero-order valence-corrected chi connectivity index (χ0v) is 17.0. The second-order valence-corrected chi connectivity index (χ2v) is 9.24. The lowest BCUT2D eigenvalue weighted by Gasteiger charge is -2.14. The van der Waals surface area contributed by atoms with E-state index in [9.17, 15) is 13.2 Å². The van der Waals surface area contributed by atoms with Crippen molar-refractivity contribution in [3.05, 3.63) is 60.0 Å². The van der Waals surface area contributed by atoms with Crippen LogP contribution in [0.15, 0.2) is 53.6 Å². The Bertz CT molecular complexity index is 1120. The van der Waals surface area contributed by atoms with Crippen LogP contribution >= 0.6 is 0 Å². The van der Waals surface area contributed by atoms with E-state index in [4.69, 9.17) is 5.73 Å². The van der Waals surface area contributed by atoms with Crippen LogP contribution in [-0.4, -0.2) is 28.7 Å². The summed E-state index contributed by atoms with van der Waals surface area (Å²) >= 11 is 0. The molecule has 9 heteroatoms. The topological polar surface area (TPSA) is 112 Å². The number of para-hydroxylation sites is 1. The van der Waals surface area contributed by atoms with Gasteiger partial charge in [0.2, 0.25) is 0 Å². The van der Waals surface area contributed by atoms with Gasteiger partial charge in [-0.3, -0.25) is 9.52 Å². The van der Waals surface area contributed by atoms with Crippen molar-refractivity contribution in [2.24, 2.45) is 12.8 Å². The van der Waals surface area contributed by atoms with Gasteiger partial charge >= 0.3 is 0 Å². The van der Waals surface area contributed by atoms with Crippen LogP contribution in [0.5, 0.6) is 0 Å². The Kier molecular flexibility index (Phi) is 4.80. The molecule has 1 amide bonds. The molecule has 0 unspecified atom stereocenters. The fourth-order valence-corrected chi connectivity index (χ4v) is 3.81. The standard InChI is InChI=1S/C19H23N5O3S/c1-19(2,3)16-11-17(24(21-16)13-8-6-5-7-9-13)22-28(26,27)14-10-15(18(20)25)23(4)12-14/h5-12,22H,1-4H3,(H2,20,25). The molecule has 3 aromatic rings. The Morgan fingerprint density at radius 2 is 1.79 bits per heavy atom. The highest BCUT2D eigenvalue weighted by Gasteiger charge is 2.25. The Balaban J connectivity index is 2.07. The molecule has 28 heavy (non-hydrogen) atoms. The molecule has 0 aliphatic heterocycles. The number of carbonyl (C=O) groups excluding carboxylic acids is 1. The SMILES string of the molecule is Cn1cc(S(=O)(=O)Nc2cc(C(C)(C)C)nn2-c2ccccc2)cc1C(N)=O. The van der Waals surface area contributed by atoms with E-state index in [0.717, 1.165) is 11.4 Å². The van der Waals surface area contributed by atoms with Crippen molar-refractivity contribution >= 4 is 21.7 Å². The summed E-state index contributed by atoms with van der Waals surface area (Å²) in [5.74, 6) is -0.395. The van der Waals surface area contributed by atoms with Crippen molar-refractivity contribution in [2.75, 3.05) is 4.72 Å². The van der Waals surface area contributed by atoms with E-state index < -0.39 is 15.9 Å². The number of primary amides is 1. The highest BCUT2D eigenvalue weighted by atomic mass is 32.2. The van der Waals surface area contributed by atoms with Crippen LogP contribution < -0.4 is 10.5 Å². The van der Waals surface area contributed by atoms with E-state index in [-0.39, 0.29) is 16.0 Å². The number of nitrogens with zero attached hydrogens (tertiary/aromatic N) is 3. The molecule has 2 heterocycles. The maximum Gasteiger partial charge on any atom is 0.265 e. The molecule has 0 aliphatic rings. The number of nitrogens with two attached hydrogens (primary N) is 1. The number of hydrogen-bond donors (Lipinski definition) is 2. The molecule has 0 spiro atoms. The van der Waals surface area contributed by atoms with Gasteiger partial charge in [-0.2, -0.15) is 5.10 Å². The minimum absolute atomic E-state index is 0.0538. The van der Waals surface area contributed by atoms with Crippen LogP contribution in [0.1, 0.15) is 37.0 Å². The third kappa shape index (κ3) is 3.79. The highest BCUT2D eigenvalue weighted by Crippen LogP contribution is 2.28. The Morgan fingerprint density at radius 3 is 2.32 bits per heavy atom. The number of aromatic nitrogens is 3. The first-order chi connectivity index (χ1) is 13.0. The molecule has 1 aromatic carbocycles. The summed E-state index contributed by atoms with van der Waals surface area (Å²) in [7, 11) is -2.39. The average Bonchev–Trinajstić information content (AvgIpc) is 3.19. The van der Waals surface area contributed by atoms with Crippen molar-refractivity contribution in [3.8, 4) is 5.69 Å². The molecular weight excluding hydrogens is 378 g/mol. The molecule has 0 aliphatic carbocycles. The number of sulfonamides is 1. The minimum Gasteiger partial charge on any atom is -0.364 e. The second-order valence-electron chi connectivity index (χ2n) is 7.55. The van der Waals surface area contributed by atoms with Gasteiger partial charge in [0, 0.05) is 24.7 Å². The first-order valence-electron chi connectivity index (χ1n) is 8.64. The lowest BCUT2D eigenvalue weighted by molar-refractivity contribution is 0.0992. The third-order valence-electron chi connectivity index (χ3n) is 4.26. The normalized spacial score (nSPS) is 12.1. The lowest BCUT2D eigenvalue weighted by Crippen LogP contribution is -2.16. The number of anilines is 1. The number of carbonyl (C=O) groups is 1. The first-order valence-corrected chi connectivity index (χ1v) is 10.1. The van der Waals surface area contributed by atoms with Crippen molar-refractivity contribution < 1.29 is 13.2 Å². The van der Waals surface area contributed by atoms with E-state index in [1.165, 1.54) is 16.8 Å². The molecule has 0 atom stereocenters. The summed E-state index contributed by atoms with van der Waals surface area (Å²) in [6, 6.07) is 12.2. The van der Waals surface area contributed by atoms with Crippen LogP contribution in [0.4, 0.5) is 5.82 Å². The molecule has 0 radical (unpaired) electrons. The summed E-state index contributed by atoms with van der Waals surface area (Å²) < 4.78 is 31.3. The largest absolute Gasteiger partial charge is 0.364 e. The zero-order chi connectivity index (χ0) is 20.7. The van der Waals surface area contributed by atoms with Gasteiger partial charge in [0.15, 0.2) is 0 Å². The van der Waals surface area contributed by atoms with Crippen molar-refractivity contribution in [3.63, 3.8) is 0 Å². The maximum absolute atomic E-state index is 12.9. The van der Waals surface area contributed by atoms with Gasteiger partial charge in [-0.25, -0.2) is 13.1 Å². The number of aryl methyl sites for hydroxylation is 1. The molecule has 0 saturated heterocycles. The van der Waals surface area contributed by atoms with Crippen LogP contribution in [0, 0.1) is 0 Å². The van der Waals surface area contributed by atoms with Gasteiger partial charge < -0.3 is 10.3 Å². The molecular formula is C19H23N5O3S. The second kappa shape index (κ2) is 6.83. The average molecular weight is 401 g/mol. The fourth-order valence-electron chi connectivity index (χ4n) is 2.71. The predicted molar refractivity (Wildman–Crippen MR) is 107 cm³/mol. The Labute approximate surface area is 164 Å². The van der Waals surface area contributed by atoms with Gasteiger partial charge in [0.05, 0.1) is 11.4 Å². The maximum atomic E-state index is 12.9. The molecule has 3 rings (SSSR count). The summed E-state index contributed by atoms with van der Waals surface area (Å²) in [6.07, 6.45) is 1.34. The Morgan fingerprint density at radius 1 is 1.14 bits per heavy atom. The number of benzene rings is 1. The smallest absolute Gasteiger partial charge is 0.265 e. The minimum atomic E-state index is -3.95. The molecule has 2 aromatic heterocycles. The molecule has 0 saturated carbocycles. The van der Waals surface area contributed by atoms with E-state index in [0.29, 0.717) is 5.82 Å². The van der Waals surface area contributed by atoms with Crippen molar-refractivity contribution in [1.82, 2.24) is 14.3 Å². The summed E-state index contributed by atoms with van der Waals surface area (Å²) in [5, 5.41) is 4.59. The van der Waals surface area contributed by atoms with Gasteiger partial charge in [0.25, 0.3) is 15.9 Å². The monoisotopic (exact) mass is 401 g/mol. The van der Waals surface area contributed by atoms with Gasteiger partial charge in [-0.15, -0.1) is 0 Å². The van der Waals surface area contributed by atoms with Gasteiger partial charge in [0.1, 0.15) is 16.4 Å². The quantitative estimate of drug-likeness (QED) is 0.683. The van der Waals surface area contributed by atoms with Crippen LogP contribution in [0.25, 0.3) is 5.69 Å². The van der Waals surface area contributed by atoms with Gasteiger partial charge in [-0.05, 0) is 18.2 Å². The van der Waals surface area contributed by atoms with E-state index in [1.807, 2.05) is 51.1 Å². The molecule has 0 fully saturated rings. The molecule has 8 nitrogen and oxygen atoms in total. The van der Waals surface area contributed by atoms with E-state index in [2.05, 4.69) is 9.82 Å². The van der Waals surface area contributed by atoms with Gasteiger partial charge in [-0.1, -0.05) is 39.0 Å². The molecule has 148 valence electrons. The number of nitrogens with one attached hydrogen (secondary N) is 1. The zero-order valence-electron chi connectivity index (χ0n) is 16.2. The van der Waals surface area contributed by atoms with Crippen LogP contribution in [0.2, 0.25) is 0 Å². The number of hydrogen-bond acceptors (Lipinski definition) is 4. The van der Waals surface area contributed by atoms with Crippen LogP contribution in [-0.2, 0) is 22.5 Å². The van der Waals surface area contributed by atoms with Crippen LogP contribution in [0.3, 0.4) is 0 Å². The third-order valence-corrected chi connectivity index (χ3v) is 5.58.